The molecule has 4 rings (SSSR count). The fraction of sp³-hybridized carbons (Fsp3) is 0.682. The van der Waals surface area contributed by atoms with Crippen LogP contribution in [-0.2, 0) is 0 Å². The lowest BCUT2D eigenvalue weighted by Crippen LogP contribution is -2.45. The van der Waals surface area contributed by atoms with Crippen LogP contribution in [0.25, 0.3) is 0 Å². The number of rotatable bonds is 5. The zero-order valence-electron chi connectivity index (χ0n) is 17.3. The summed E-state index contributed by atoms with van der Waals surface area (Å²) in [6.45, 7) is 5.57. The van der Waals surface area contributed by atoms with Crippen LogP contribution < -0.4 is 10.1 Å². The fourth-order valence-electron chi connectivity index (χ4n) is 5.08. The highest BCUT2D eigenvalue weighted by Gasteiger charge is 2.43. The lowest BCUT2D eigenvalue weighted by Gasteiger charge is -2.38. The molecule has 1 spiro atoms. The molecule has 1 saturated carbocycles. The van der Waals surface area contributed by atoms with Gasteiger partial charge in [-0.15, -0.1) is 24.0 Å². The van der Waals surface area contributed by atoms with E-state index in [1.807, 2.05) is 13.1 Å². The number of guanidine groups is 1. The SMILES string of the molecule is CN=C(NCC(c1cccc(OC)c1)N1CCCC1)N1CCC2(CCC2)C1.I. The number of aliphatic imine (C=N–C) groups is 1. The number of nitrogens with zero attached hydrogens (tertiary/aromatic N) is 3. The molecular weight excluding hydrogens is 463 g/mol. The van der Waals surface area contributed by atoms with E-state index < -0.39 is 0 Å². The van der Waals surface area contributed by atoms with Gasteiger partial charge in [0.2, 0.25) is 0 Å². The second-order valence-corrected chi connectivity index (χ2v) is 8.49. The zero-order chi connectivity index (χ0) is 18.7. The number of halogens is 1. The molecule has 0 amide bonds. The van der Waals surface area contributed by atoms with Crippen molar-refractivity contribution in [3.8, 4) is 5.75 Å². The van der Waals surface area contributed by atoms with Crippen molar-refractivity contribution in [3.05, 3.63) is 29.8 Å². The molecule has 28 heavy (non-hydrogen) atoms. The molecule has 156 valence electrons. The average molecular weight is 498 g/mol. The maximum Gasteiger partial charge on any atom is 0.193 e. The lowest BCUT2D eigenvalue weighted by atomic mass is 9.68. The summed E-state index contributed by atoms with van der Waals surface area (Å²) in [4.78, 5) is 9.69. The Morgan fingerprint density at radius 2 is 1.96 bits per heavy atom. The number of nitrogens with one attached hydrogen (secondary N) is 1. The van der Waals surface area contributed by atoms with Crippen molar-refractivity contribution < 1.29 is 4.74 Å². The summed E-state index contributed by atoms with van der Waals surface area (Å²) in [6, 6.07) is 8.91. The Labute approximate surface area is 186 Å². The summed E-state index contributed by atoms with van der Waals surface area (Å²) in [7, 11) is 3.66. The predicted molar refractivity (Wildman–Crippen MR) is 126 cm³/mol. The van der Waals surface area contributed by atoms with Crippen molar-refractivity contribution in [2.24, 2.45) is 10.4 Å². The highest BCUT2D eigenvalue weighted by Crippen LogP contribution is 2.47. The van der Waals surface area contributed by atoms with E-state index in [0.717, 1.165) is 24.8 Å². The summed E-state index contributed by atoms with van der Waals surface area (Å²) in [5, 5.41) is 3.70. The van der Waals surface area contributed by atoms with Gasteiger partial charge in [0.1, 0.15) is 5.75 Å². The van der Waals surface area contributed by atoms with E-state index in [1.165, 1.54) is 63.7 Å². The van der Waals surface area contributed by atoms with Crippen LogP contribution in [0.1, 0.15) is 50.1 Å². The molecule has 5 nitrogen and oxygen atoms in total. The van der Waals surface area contributed by atoms with Gasteiger partial charge in [0.05, 0.1) is 13.2 Å². The summed E-state index contributed by atoms with van der Waals surface area (Å²) < 4.78 is 5.47. The Morgan fingerprint density at radius 1 is 1.18 bits per heavy atom. The largest absolute Gasteiger partial charge is 0.497 e. The fourth-order valence-corrected chi connectivity index (χ4v) is 5.08. The zero-order valence-corrected chi connectivity index (χ0v) is 19.7. The van der Waals surface area contributed by atoms with Crippen molar-refractivity contribution >= 4 is 29.9 Å². The highest BCUT2D eigenvalue weighted by molar-refractivity contribution is 14.0. The van der Waals surface area contributed by atoms with E-state index in [1.54, 1.807) is 7.11 Å². The molecule has 0 radical (unpaired) electrons. The standard InChI is InChI=1S/C22H34N4O.HI/c1-23-21(26-14-11-22(17-26)9-6-10-22)24-16-20(25-12-3-4-13-25)18-7-5-8-19(15-18)27-2;/h5,7-8,15,20H,3-4,6,9-14,16-17H2,1-2H3,(H,23,24);1H. The molecule has 1 aliphatic carbocycles. The molecule has 3 fully saturated rings. The number of likely N-dealkylation sites (tertiary alicyclic amines) is 2. The van der Waals surface area contributed by atoms with E-state index in [0.29, 0.717) is 11.5 Å². The molecule has 1 N–H and O–H groups in total. The van der Waals surface area contributed by atoms with Crippen LogP contribution in [0.15, 0.2) is 29.3 Å². The molecule has 1 atom stereocenters. The maximum atomic E-state index is 5.47. The third kappa shape index (κ3) is 4.58. The number of hydrogen-bond acceptors (Lipinski definition) is 3. The molecule has 6 heteroatoms. The Kier molecular flexibility index (Phi) is 7.48. The topological polar surface area (TPSA) is 40.1 Å². The van der Waals surface area contributed by atoms with Crippen LogP contribution in [0.5, 0.6) is 5.75 Å². The van der Waals surface area contributed by atoms with Crippen LogP contribution >= 0.6 is 24.0 Å². The van der Waals surface area contributed by atoms with Gasteiger partial charge in [-0.05, 0) is 68.3 Å². The number of benzene rings is 1. The summed E-state index contributed by atoms with van der Waals surface area (Å²) in [5.74, 6) is 2.01. The molecule has 3 aliphatic rings. The number of methoxy groups -OCH3 is 1. The van der Waals surface area contributed by atoms with E-state index in [-0.39, 0.29) is 24.0 Å². The van der Waals surface area contributed by atoms with Crippen LogP contribution in [0, 0.1) is 5.41 Å². The highest BCUT2D eigenvalue weighted by atomic mass is 127. The van der Waals surface area contributed by atoms with E-state index in [4.69, 9.17) is 4.74 Å². The van der Waals surface area contributed by atoms with Crippen molar-refractivity contribution in [1.82, 2.24) is 15.1 Å². The summed E-state index contributed by atoms with van der Waals surface area (Å²) >= 11 is 0. The molecular formula is C22H35IN4O. The van der Waals surface area contributed by atoms with Gasteiger partial charge in [-0.3, -0.25) is 9.89 Å². The first-order chi connectivity index (χ1) is 13.2. The van der Waals surface area contributed by atoms with Crippen LogP contribution in [-0.4, -0.2) is 62.6 Å². The predicted octanol–water partition coefficient (Wildman–Crippen LogP) is 3.90. The van der Waals surface area contributed by atoms with Crippen molar-refractivity contribution in [1.29, 1.82) is 0 Å². The monoisotopic (exact) mass is 498 g/mol. The van der Waals surface area contributed by atoms with Crippen molar-refractivity contribution in [3.63, 3.8) is 0 Å². The third-order valence-corrected chi connectivity index (χ3v) is 6.88. The third-order valence-electron chi connectivity index (χ3n) is 6.88. The Morgan fingerprint density at radius 3 is 2.57 bits per heavy atom. The quantitative estimate of drug-likeness (QED) is 0.380. The second kappa shape index (κ2) is 9.65. The minimum absolute atomic E-state index is 0. The van der Waals surface area contributed by atoms with Crippen molar-refractivity contribution in [2.45, 2.75) is 44.6 Å². The Balaban J connectivity index is 0.00000225. The minimum Gasteiger partial charge on any atom is -0.497 e. The summed E-state index contributed by atoms with van der Waals surface area (Å²) in [5.41, 5.74) is 1.93. The Bertz CT molecular complexity index is 670. The van der Waals surface area contributed by atoms with Gasteiger partial charge in [0.25, 0.3) is 0 Å². The normalized spacial score (nSPS) is 22.6. The molecule has 1 aromatic rings. The van der Waals surface area contributed by atoms with Crippen LogP contribution in [0.3, 0.4) is 0 Å². The van der Waals surface area contributed by atoms with Crippen LogP contribution in [0.4, 0.5) is 0 Å². The van der Waals surface area contributed by atoms with Crippen LogP contribution in [0.2, 0.25) is 0 Å². The molecule has 1 unspecified atom stereocenters. The smallest absolute Gasteiger partial charge is 0.193 e. The minimum atomic E-state index is 0. The first-order valence-electron chi connectivity index (χ1n) is 10.6. The second-order valence-electron chi connectivity index (χ2n) is 8.49. The van der Waals surface area contributed by atoms with Gasteiger partial charge in [-0.2, -0.15) is 0 Å². The van der Waals surface area contributed by atoms with E-state index in [9.17, 15) is 0 Å². The van der Waals surface area contributed by atoms with Gasteiger partial charge in [0.15, 0.2) is 5.96 Å². The van der Waals surface area contributed by atoms with Gasteiger partial charge >= 0.3 is 0 Å². The first kappa shape index (κ1) is 21.7. The van der Waals surface area contributed by atoms with Gasteiger partial charge in [-0.1, -0.05) is 18.6 Å². The average Bonchev–Trinajstić information content (AvgIpc) is 3.35. The van der Waals surface area contributed by atoms with E-state index >= 15 is 0 Å². The maximum absolute atomic E-state index is 5.47. The first-order valence-corrected chi connectivity index (χ1v) is 10.6. The van der Waals surface area contributed by atoms with E-state index in [2.05, 4.69) is 38.3 Å². The van der Waals surface area contributed by atoms with Crippen molar-refractivity contribution in [2.75, 3.05) is 46.9 Å². The Hall–Kier alpha value is -1.02. The molecule has 2 saturated heterocycles. The molecule has 0 bridgehead atoms. The number of ether oxygens (including phenoxy) is 1. The summed E-state index contributed by atoms with van der Waals surface area (Å²) in [6.07, 6.45) is 8.14. The van der Waals surface area contributed by atoms with Gasteiger partial charge in [0, 0.05) is 26.7 Å². The molecule has 1 aromatic carbocycles. The molecule has 2 aliphatic heterocycles. The lowest BCUT2D eigenvalue weighted by molar-refractivity contribution is 0.151. The van der Waals surface area contributed by atoms with Gasteiger partial charge < -0.3 is 15.0 Å². The number of hydrogen-bond donors (Lipinski definition) is 1. The molecule has 2 heterocycles. The molecule has 0 aromatic heterocycles. The van der Waals surface area contributed by atoms with Gasteiger partial charge in [-0.25, -0.2) is 0 Å².